The molecule has 1 aromatic heterocycles. The van der Waals surface area contributed by atoms with E-state index in [1.165, 1.54) is 5.56 Å². The van der Waals surface area contributed by atoms with E-state index in [0.717, 1.165) is 48.1 Å². The molecule has 5 nitrogen and oxygen atoms in total. The Hall–Kier alpha value is -3.39. The summed E-state index contributed by atoms with van der Waals surface area (Å²) in [4.78, 5) is 26.6. The molecule has 3 aromatic rings. The van der Waals surface area contributed by atoms with Crippen molar-refractivity contribution in [3.63, 3.8) is 0 Å². The number of fused-ring (bicyclic) bond motifs is 1. The van der Waals surface area contributed by atoms with Crippen LogP contribution in [0.25, 0.3) is 10.9 Å². The fourth-order valence-corrected chi connectivity index (χ4v) is 4.53. The van der Waals surface area contributed by atoms with Crippen LogP contribution in [0.15, 0.2) is 53.3 Å². The van der Waals surface area contributed by atoms with Gasteiger partial charge in [0.25, 0.3) is 5.56 Å². The fourth-order valence-electron chi connectivity index (χ4n) is 4.53. The second-order valence-corrected chi connectivity index (χ2v) is 8.40. The topological polar surface area (TPSA) is 66.1 Å². The van der Waals surface area contributed by atoms with Crippen molar-refractivity contribution in [3.05, 3.63) is 75.6 Å². The van der Waals surface area contributed by atoms with Crippen LogP contribution in [0.4, 0.5) is 5.69 Å². The van der Waals surface area contributed by atoms with Gasteiger partial charge in [-0.15, -0.1) is 0 Å². The quantitative estimate of drug-likeness (QED) is 0.620. The average Bonchev–Trinajstić information content (AvgIpc) is 2.77. The van der Waals surface area contributed by atoms with E-state index in [-0.39, 0.29) is 22.3 Å². The number of hydrogen-bond acceptors (Lipinski definition) is 4. The first-order valence-corrected chi connectivity index (χ1v) is 10.2. The van der Waals surface area contributed by atoms with Crippen molar-refractivity contribution in [3.8, 4) is 6.07 Å². The molecule has 2 aromatic carbocycles. The maximum Gasteiger partial charge on any atom is 0.270 e. The lowest BCUT2D eigenvalue weighted by Gasteiger charge is -2.41. The monoisotopic (exact) mass is 399 g/mol. The van der Waals surface area contributed by atoms with E-state index in [1.54, 1.807) is 18.5 Å². The summed E-state index contributed by atoms with van der Waals surface area (Å²) >= 11 is 0. The Kier molecular flexibility index (Phi) is 4.95. The number of carbonyl (C=O) groups excluding carboxylic acids is 1. The third kappa shape index (κ3) is 3.19. The standard InChI is InChI=1S/C25H25N3O2/c1-17(29)18-8-10-19(11-9-18)25(2)12-14-28(15-13-25)23-20-6-4-5-7-22(20)27(3)24(30)21(23)16-26/h4-11H,12-15H2,1-3H3. The van der Waals surface area contributed by atoms with Gasteiger partial charge in [-0.2, -0.15) is 5.26 Å². The number of Topliss-reactive ketones (excluding diaryl/α,β-unsaturated/α-hetero) is 1. The zero-order valence-corrected chi connectivity index (χ0v) is 17.6. The van der Waals surface area contributed by atoms with Gasteiger partial charge in [0.2, 0.25) is 0 Å². The van der Waals surface area contributed by atoms with Crippen molar-refractivity contribution in [1.29, 1.82) is 5.26 Å². The van der Waals surface area contributed by atoms with E-state index in [9.17, 15) is 14.9 Å². The van der Waals surface area contributed by atoms with Crippen molar-refractivity contribution in [1.82, 2.24) is 4.57 Å². The molecular weight excluding hydrogens is 374 g/mol. The minimum absolute atomic E-state index is 0.00578. The Bertz CT molecular complexity index is 1220. The molecule has 0 unspecified atom stereocenters. The van der Waals surface area contributed by atoms with E-state index < -0.39 is 0 Å². The highest BCUT2D eigenvalue weighted by atomic mass is 16.1. The van der Waals surface area contributed by atoms with Crippen LogP contribution in [0.2, 0.25) is 0 Å². The zero-order chi connectivity index (χ0) is 21.5. The smallest absolute Gasteiger partial charge is 0.270 e. The highest BCUT2D eigenvalue weighted by Gasteiger charge is 2.33. The van der Waals surface area contributed by atoms with Crippen LogP contribution in [-0.2, 0) is 12.5 Å². The van der Waals surface area contributed by atoms with E-state index in [4.69, 9.17) is 0 Å². The summed E-state index contributed by atoms with van der Waals surface area (Å²) in [6, 6.07) is 17.8. The van der Waals surface area contributed by atoms with Crippen LogP contribution in [0.5, 0.6) is 0 Å². The maximum absolute atomic E-state index is 12.8. The first kappa shape index (κ1) is 19.9. The normalized spacial score (nSPS) is 15.7. The average molecular weight is 399 g/mol. The number of rotatable bonds is 3. The summed E-state index contributed by atoms with van der Waals surface area (Å²) in [6.07, 6.45) is 1.81. The SMILES string of the molecule is CC(=O)c1ccc(C2(C)CCN(c3c(C#N)c(=O)n(C)c4ccccc34)CC2)cc1. The minimum atomic E-state index is -0.251. The molecule has 1 saturated heterocycles. The number of aromatic nitrogens is 1. The van der Waals surface area contributed by atoms with Crippen LogP contribution in [0.1, 0.15) is 48.2 Å². The van der Waals surface area contributed by atoms with Gasteiger partial charge in [-0.1, -0.05) is 49.4 Å². The van der Waals surface area contributed by atoms with E-state index >= 15 is 0 Å². The van der Waals surface area contributed by atoms with Crippen molar-refractivity contribution >= 4 is 22.4 Å². The summed E-state index contributed by atoms with van der Waals surface area (Å²) in [6.45, 7) is 5.35. The van der Waals surface area contributed by atoms with Crippen molar-refractivity contribution < 1.29 is 4.79 Å². The van der Waals surface area contributed by atoms with Crippen LogP contribution < -0.4 is 10.5 Å². The second kappa shape index (κ2) is 7.46. The molecule has 0 aliphatic carbocycles. The van der Waals surface area contributed by atoms with Gasteiger partial charge in [-0.05, 0) is 36.8 Å². The molecule has 0 radical (unpaired) electrons. The lowest BCUT2D eigenvalue weighted by atomic mass is 9.74. The van der Waals surface area contributed by atoms with Crippen LogP contribution in [0.3, 0.4) is 0 Å². The molecule has 0 N–H and O–H groups in total. The number of nitrogens with zero attached hydrogens (tertiary/aromatic N) is 3. The van der Waals surface area contributed by atoms with Gasteiger partial charge in [0, 0.05) is 31.1 Å². The Morgan fingerprint density at radius 3 is 2.30 bits per heavy atom. The van der Waals surface area contributed by atoms with Gasteiger partial charge in [0.1, 0.15) is 11.6 Å². The summed E-state index contributed by atoms with van der Waals surface area (Å²) in [5, 5.41) is 10.7. The molecule has 1 fully saturated rings. The molecule has 0 spiro atoms. The number of anilines is 1. The fraction of sp³-hybridized carbons (Fsp3) is 0.320. The van der Waals surface area contributed by atoms with Gasteiger partial charge in [0.15, 0.2) is 5.78 Å². The minimum Gasteiger partial charge on any atom is -0.370 e. The van der Waals surface area contributed by atoms with Crippen molar-refractivity contribution in [2.75, 3.05) is 18.0 Å². The molecule has 0 saturated carbocycles. The lowest BCUT2D eigenvalue weighted by Crippen LogP contribution is -2.42. The second-order valence-electron chi connectivity index (χ2n) is 8.40. The lowest BCUT2D eigenvalue weighted by molar-refractivity contribution is 0.101. The van der Waals surface area contributed by atoms with Crippen LogP contribution >= 0.6 is 0 Å². The largest absolute Gasteiger partial charge is 0.370 e. The number of pyridine rings is 1. The molecule has 0 amide bonds. The van der Waals surface area contributed by atoms with Gasteiger partial charge in [0.05, 0.1) is 11.2 Å². The van der Waals surface area contributed by atoms with E-state index in [0.29, 0.717) is 0 Å². The Morgan fingerprint density at radius 1 is 1.07 bits per heavy atom. The zero-order valence-electron chi connectivity index (χ0n) is 17.6. The number of piperidine rings is 1. The predicted octanol–water partition coefficient (Wildman–Crippen LogP) is 4.17. The number of carbonyl (C=O) groups is 1. The number of benzene rings is 2. The summed E-state index contributed by atoms with van der Waals surface area (Å²) in [5.41, 5.74) is 3.50. The van der Waals surface area contributed by atoms with Crippen LogP contribution in [0, 0.1) is 11.3 Å². The Balaban J connectivity index is 1.69. The number of ketones is 1. The van der Waals surface area contributed by atoms with E-state index in [1.807, 2.05) is 36.4 Å². The molecule has 4 rings (SSSR count). The molecule has 5 heteroatoms. The molecule has 1 aliphatic rings. The molecular formula is C25H25N3O2. The Labute approximate surface area is 176 Å². The number of nitriles is 1. The molecule has 152 valence electrons. The van der Waals surface area contributed by atoms with Crippen LogP contribution in [-0.4, -0.2) is 23.4 Å². The van der Waals surface area contributed by atoms with Crippen molar-refractivity contribution in [2.45, 2.75) is 32.1 Å². The first-order chi connectivity index (χ1) is 14.4. The number of para-hydroxylation sites is 1. The highest BCUT2D eigenvalue weighted by molar-refractivity contribution is 5.95. The molecule has 30 heavy (non-hydrogen) atoms. The molecule has 2 heterocycles. The number of hydrogen-bond donors (Lipinski definition) is 0. The summed E-state index contributed by atoms with van der Waals surface area (Å²) in [7, 11) is 1.72. The van der Waals surface area contributed by atoms with Gasteiger partial charge < -0.3 is 9.47 Å². The van der Waals surface area contributed by atoms with E-state index in [2.05, 4.69) is 30.0 Å². The third-order valence-corrected chi connectivity index (χ3v) is 6.56. The first-order valence-electron chi connectivity index (χ1n) is 10.2. The van der Waals surface area contributed by atoms with Gasteiger partial charge in [-0.3, -0.25) is 9.59 Å². The highest BCUT2D eigenvalue weighted by Crippen LogP contribution is 2.38. The Morgan fingerprint density at radius 2 is 1.70 bits per heavy atom. The van der Waals surface area contributed by atoms with Gasteiger partial charge >= 0.3 is 0 Å². The summed E-state index contributed by atoms with van der Waals surface area (Å²) in [5.74, 6) is 0.0723. The maximum atomic E-state index is 12.8. The predicted molar refractivity (Wildman–Crippen MR) is 119 cm³/mol. The van der Waals surface area contributed by atoms with Gasteiger partial charge in [-0.25, -0.2) is 0 Å². The molecule has 0 atom stereocenters. The third-order valence-electron chi connectivity index (χ3n) is 6.56. The summed E-state index contributed by atoms with van der Waals surface area (Å²) < 4.78 is 1.56. The molecule has 1 aliphatic heterocycles. The molecule has 0 bridgehead atoms. The van der Waals surface area contributed by atoms with Crippen molar-refractivity contribution in [2.24, 2.45) is 7.05 Å². The number of aryl methyl sites for hydroxylation is 1.